The summed E-state index contributed by atoms with van der Waals surface area (Å²) in [7, 11) is 0. The van der Waals surface area contributed by atoms with Crippen LogP contribution >= 0.6 is 0 Å². The summed E-state index contributed by atoms with van der Waals surface area (Å²) in [5.41, 5.74) is -4.02. The Morgan fingerprint density at radius 1 is 1.04 bits per heavy atom. The lowest BCUT2D eigenvalue weighted by atomic mass is 9.99. The molecule has 0 bridgehead atoms. The molecule has 0 aliphatic heterocycles. The van der Waals surface area contributed by atoms with E-state index in [1.807, 2.05) is 6.92 Å². The second kappa shape index (κ2) is 8.41. The van der Waals surface area contributed by atoms with Gasteiger partial charge in [-0.05, 0) is 31.5 Å². The van der Waals surface area contributed by atoms with Gasteiger partial charge in [0.15, 0.2) is 5.78 Å². The number of carbonyl (C=O) groups is 2. The van der Waals surface area contributed by atoms with E-state index in [1.54, 1.807) is 0 Å². The van der Waals surface area contributed by atoms with E-state index in [9.17, 15) is 35.9 Å². The number of ether oxygens (including phenoxy) is 1. The van der Waals surface area contributed by atoms with Crippen molar-refractivity contribution in [1.29, 1.82) is 0 Å². The first-order valence-corrected chi connectivity index (χ1v) is 7.63. The average molecular weight is 385 g/mol. The molecule has 1 amide bonds. The van der Waals surface area contributed by atoms with Crippen LogP contribution in [0.2, 0.25) is 0 Å². The van der Waals surface area contributed by atoms with Crippen LogP contribution in [0.25, 0.3) is 0 Å². The number of hydrogen-bond donors (Lipinski definition) is 1. The van der Waals surface area contributed by atoms with Crippen molar-refractivity contribution >= 4 is 11.9 Å². The highest BCUT2D eigenvalue weighted by atomic mass is 19.4. The molecule has 0 saturated heterocycles. The Balaban J connectivity index is 3.05. The highest BCUT2D eigenvalue weighted by Crippen LogP contribution is 2.36. The Morgan fingerprint density at radius 2 is 1.54 bits per heavy atom. The molecule has 1 aromatic carbocycles. The van der Waals surface area contributed by atoms with E-state index >= 15 is 0 Å². The number of Topliss-reactive ketones (excluding diaryl/α,β-unsaturated/α-hetero) is 1. The summed E-state index contributed by atoms with van der Waals surface area (Å²) >= 11 is 0. The van der Waals surface area contributed by atoms with Crippen LogP contribution in [0.4, 0.5) is 31.1 Å². The van der Waals surface area contributed by atoms with Gasteiger partial charge >= 0.3 is 18.4 Å². The van der Waals surface area contributed by atoms with Gasteiger partial charge in [-0.3, -0.25) is 4.79 Å². The van der Waals surface area contributed by atoms with Gasteiger partial charge in [0.2, 0.25) is 0 Å². The Labute approximate surface area is 145 Å². The molecule has 1 rings (SSSR count). The van der Waals surface area contributed by atoms with Crippen LogP contribution in [-0.4, -0.2) is 24.5 Å². The first-order valence-electron chi connectivity index (χ1n) is 7.63. The summed E-state index contributed by atoms with van der Waals surface area (Å²) in [6, 6.07) is -0.807. The average Bonchev–Trinajstić information content (AvgIpc) is 2.52. The normalized spacial score (nSPS) is 13.2. The monoisotopic (exact) mass is 385 g/mol. The standard InChI is InChI=1S/C16H17F6NO3/c1-3-4-5-26-14(25)23-9(2)13(24)10-6-11(15(17,18)19)8-12(7-10)16(20,21)22/h6-9H,3-5H2,1-2H3,(H,23,25)/t9-/m0/s1. The molecule has 0 aliphatic carbocycles. The lowest BCUT2D eigenvalue weighted by molar-refractivity contribution is -0.143. The smallest absolute Gasteiger partial charge is 0.416 e. The number of halogens is 6. The number of amides is 1. The Kier molecular flexibility index (Phi) is 7.05. The van der Waals surface area contributed by atoms with E-state index in [1.165, 1.54) is 0 Å². The quantitative estimate of drug-likeness (QED) is 0.434. The van der Waals surface area contributed by atoms with Crippen LogP contribution in [0.1, 0.15) is 48.2 Å². The number of unbranched alkanes of at least 4 members (excludes halogenated alkanes) is 1. The van der Waals surface area contributed by atoms with Gasteiger partial charge in [0.25, 0.3) is 0 Å². The summed E-state index contributed by atoms with van der Waals surface area (Å²) in [4.78, 5) is 23.6. The molecule has 0 heterocycles. The van der Waals surface area contributed by atoms with Crippen molar-refractivity contribution in [2.45, 2.75) is 45.1 Å². The van der Waals surface area contributed by atoms with Gasteiger partial charge in [-0.1, -0.05) is 13.3 Å². The summed E-state index contributed by atoms with van der Waals surface area (Å²) in [6.45, 7) is 3.06. The molecule has 1 atom stereocenters. The Hall–Kier alpha value is -2.26. The zero-order valence-corrected chi connectivity index (χ0v) is 13.9. The molecule has 10 heteroatoms. The van der Waals surface area contributed by atoms with Crippen LogP contribution in [0.15, 0.2) is 18.2 Å². The molecule has 0 fully saturated rings. The number of alkyl carbamates (subject to hydrolysis) is 1. The maximum atomic E-state index is 12.8. The van der Waals surface area contributed by atoms with Crippen LogP contribution in [0.3, 0.4) is 0 Å². The predicted octanol–water partition coefficient (Wildman–Crippen LogP) is 4.82. The Bertz CT molecular complexity index is 622. The summed E-state index contributed by atoms with van der Waals surface area (Å²) in [6.07, 6.45) is -9.80. The molecule has 0 aliphatic rings. The fourth-order valence-electron chi connectivity index (χ4n) is 1.94. The van der Waals surface area contributed by atoms with Crippen LogP contribution < -0.4 is 5.32 Å². The molecule has 4 nitrogen and oxygen atoms in total. The highest BCUT2D eigenvalue weighted by molar-refractivity contribution is 6.01. The number of hydrogen-bond acceptors (Lipinski definition) is 3. The second-order valence-corrected chi connectivity index (χ2v) is 5.51. The largest absolute Gasteiger partial charge is 0.450 e. The van der Waals surface area contributed by atoms with E-state index in [-0.39, 0.29) is 12.7 Å². The van der Waals surface area contributed by atoms with Gasteiger partial charge < -0.3 is 10.1 Å². The number of alkyl halides is 6. The zero-order chi connectivity index (χ0) is 20.1. The molecular weight excluding hydrogens is 368 g/mol. The molecule has 0 saturated carbocycles. The third-order valence-electron chi connectivity index (χ3n) is 3.33. The SMILES string of the molecule is CCCCOC(=O)N[C@@H](C)C(=O)c1cc(C(F)(F)F)cc(C(F)(F)F)c1. The first kappa shape index (κ1) is 21.8. The van der Waals surface area contributed by atoms with Crippen molar-refractivity contribution in [2.75, 3.05) is 6.61 Å². The van der Waals surface area contributed by atoms with Gasteiger partial charge in [0.1, 0.15) is 0 Å². The summed E-state index contributed by atoms with van der Waals surface area (Å²) in [5.74, 6) is -1.10. The Morgan fingerprint density at radius 3 is 1.96 bits per heavy atom. The molecule has 0 radical (unpaired) electrons. The number of carbonyl (C=O) groups excluding carboxylic acids is 2. The zero-order valence-electron chi connectivity index (χ0n) is 13.9. The number of nitrogens with one attached hydrogen (secondary N) is 1. The minimum absolute atomic E-state index is 0.0744. The fourth-order valence-corrected chi connectivity index (χ4v) is 1.94. The molecule has 0 unspecified atom stereocenters. The number of ketones is 1. The second-order valence-electron chi connectivity index (χ2n) is 5.51. The minimum Gasteiger partial charge on any atom is -0.450 e. The fraction of sp³-hybridized carbons (Fsp3) is 0.500. The van der Waals surface area contributed by atoms with Gasteiger partial charge in [-0.25, -0.2) is 4.79 Å². The van der Waals surface area contributed by atoms with E-state index in [4.69, 9.17) is 4.74 Å². The molecule has 1 aromatic rings. The summed E-state index contributed by atoms with van der Waals surface area (Å²) in [5, 5.41) is 2.08. The van der Waals surface area contributed by atoms with E-state index in [2.05, 4.69) is 5.32 Å². The number of benzene rings is 1. The van der Waals surface area contributed by atoms with Crippen LogP contribution in [-0.2, 0) is 17.1 Å². The molecular formula is C16H17F6NO3. The van der Waals surface area contributed by atoms with E-state index < -0.39 is 47.0 Å². The van der Waals surface area contributed by atoms with Crippen molar-refractivity contribution in [3.8, 4) is 0 Å². The van der Waals surface area contributed by atoms with E-state index in [0.717, 1.165) is 13.3 Å². The lowest BCUT2D eigenvalue weighted by Crippen LogP contribution is -2.39. The van der Waals surface area contributed by atoms with Crippen molar-refractivity contribution in [2.24, 2.45) is 0 Å². The minimum atomic E-state index is -5.06. The van der Waals surface area contributed by atoms with Crippen LogP contribution in [0.5, 0.6) is 0 Å². The third-order valence-corrected chi connectivity index (χ3v) is 3.33. The van der Waals surface area contributed by atoms with Gasteiger partial charge in [0.05, 0.1) is 23.8 Å². The van der Waals surface area contributed by atoms with Crippen molar-refractivity contribution < 1.29 is 40.7 Å². The van der Waals surface area contributed by atoms with Gasteiger partial charge in [-0.2, -0.15) is 26.3 Å². The van der Waals surface area contributed by atoms with Gasteiger partial charge in [-0.15, -0.1) is 0 Å². The third kappa shape index (κ3) is 6.23. The lowest BCUT2D eigenvalue weighted by Gasteiger charge is -2.16. The highest BCUT2D eigenvalue weighted by Gasteiger charge is 2.37. The first-order chi connectivity index (χ1) is 11.9. The molecule has 146 valence electrons. The number of rotatable bonds is 6. The molecule has 26 heavy (non-hydrogen) atoms. The van der Waals surface area contributed by atoms with Crippen molar-refractivity contribution in [1.82, 2.24) is 5.32 Å². The maximum Gasteiger partial charge on any atom is 0.416 e. The van der Waals surface area contributed by atoms with Gasteiger partial charge in [0, 0.05) is 5.56 Å². The molecule has 0 spiro atoms. The molecule has 1 N–H and O–H groups in total. The summed E-state index contributed by atoms with van der Waals surface area (Å²) < 4.78 is 81.6. The van der Waals surface area contributed by atoms with E-state index in [0.29, 0.717) is 18.6 Å². The topological polar surface area (TPSA) is 55.4 Å². The molecule has 0 aromatic heterocycles. The van der Waals surface area contributed by atoms with Crippen LogP contribution in [0, 0.1) is 0 Å². The van der Waals surface area contributed by atoms with Crippen molar-refractivity contribution in [3.63, 3.8) is 0 Å². The maximum absolute atomic E-state index is 12.8. The predicted molar refractivity (Wildman–Crippen MR) is 79.6 cm³/mol. The van der Waals surface area contributed by atoms with Crippen molar-refractivity contribution in [3.05, 3.63) is 34.9 Å².